The molecule has 0 saturated heterocycles. The van der Waals surface area contributed by atoms with Crippen molar-refractivity contribution in [3.05, 3.63) is 18.0 Å². The maximum absolute atomic E-state index is 5.36. The summed E-state index contributed by atoms with van der Waals surface area (Å²) in [6.07, 6.45) is 1.63. The molecule has 98 valence electrons. The van der Waals surface area contributed by atoms with Crippen molar-refractivity contribution < 1.29 is 18.7 Å². The quantitative estimate of drug-likeness (QED) is 0.570. The number of hydrogen-bond donors (Lipinski definition) is 1. The summed E-state index contributed by atoms with van der Waals surface area (Å²) < 4.78 is 20.4. The van der Waals surface area contributed by atoms with Gasteiger partial charge in [0.2, 0.25) is 0 Å². The predicted molar refractivity (Wildman–Crippen MR) is 61.7 cm³/mol. The van der Waals surface area contributed by atoms with E-state index in [0.717, 1.165) is 12.3 Å². The first-order valence-corrected chi connectivity index (χ1v) is 5.68. The molecule has 0 aliphatic heterocycles. The third-order valence-electron chi connectivity index (χ3n) is 2.02. The van der Waals surface area contributed by atoms with Gasteiger partial charge < -0.3 is 24.1 Å². The highest BCUT2D eigenvalue weighted by Crippen LogP contribution is 1.94. The Balaban J connectivity index is 1.76. The average molecular weight is 244 g/mol. The molecule has 0 aromatic carbocycles. The maximum Gasteiger partial charge on any atom is 0.150 e. The zero-order valence-electron chi connectivity index (χ0n) is 10.2. The number of rotatable bonds is 11. The third kappa shape index (κ3) is 7.87. The van der Waals surface area contributed by atoms with Gasteiger partial charge >= 0.3 is 0 Å². The lowest BCUT2D eigenvalue weighted by atomic mass is 10.4. The molecule has 0 spiro atoms. The molecule has 0 aliphatic rings. The summed E-state index contributed by atoms with van der Waals surface area (Å²) >= 11 is 0. The molecule has 0 bridgehead atoms. The van der Waals surface area contributed by atoms with Gasteiger partial charge in [-0.25, -0.2) is 0 Å². The molecule has 0 radical (unpaired) electrons. The Hall–Kier alpha value is -0.950. The first-order valence-electron chi connectivity index (χ1n) is 5.68. The second-order valence-corrected chi connectivity index (χ2v) is 3.37. The predicted octanol–water partition coefficient (Wildman–Crippen LogP) is 0.444. The minimum absolute atomic E-state index is 0.603. The van der Waals surface area contributed by atoms with Gasteiger partial charge in [-0.3, -0.25) is 0 Å². The van der Waals surface area contributed by atoms with Gasteiger partial charge in [0, 0.05) is 19.7 Å². The third-order valence-corrected chi connectivity index (χ3v) is 2.02. The van der Waals surface area contributed by atoms with Crippen molar-refractivity contribution >= 4 is 0 Å². The standard InChI is InChI=1S/C11H20N2O4/c1-14-6-7-16-9-8-15-5-4-12-10-11-2-3-13-17-11/h2-3,12H,4-10H2,1H3. The Morgan fingerprint density at radius 2 is 1.94 bits per heavy atom. The molecular weight excluding hydrogens is 224 g/mol. The van der Waals surface area contributed by atoms with E-state index < -0.39 is 0 Å². The lowest BCUT2D eigenvalue weighted by Gasteiger charge is -2.05. The largest absolute Gasteiger partial charge is 0.382 e. The van der Waals surface area contributed by atoms with Crippen LogP contribution in [0.5, 0.6) is 0 Å². The Kier molecular flexibility index (Phi) is 8.48. The molecule has 6 nitrogen and oxygen atoms in total. The molecule has 0 amide bonds. The Labute approximate surface area is 101 Å². The van der Waals surface area contributed by atoms with Crippen molar-refractivity contribution in [3.63, 3.8) is 0 Å². The summed E-state index contributed by atoms with van der Waals surface area (Å²) in [5, 5.41) is 6.79. The van der Waals surface area contributed by atoms with Gasteiger partial charge in [-0.05, 0) is 0 Å². The minimum atomic E-state index is 0.603. The number of ether oxygens (including phenoxy) is 3. The summed E-state index contributed by atoms with van der Waals surface area (Å²) in [4.78, 5) is 0. The van der Waals surface area contributed by atoms with Crippen LogP contribution in [0.4, 0.5) is 0 Å². The molecule has 0 saturated carbocycles. The molecule has 0 aliphatic carbocycles. The maximum atomic E-state index is 5.36. The minimum Gasteiger partial charge on any atom is -0.382 e. The summed E-state index contributed by atoms with van der Waals surface area (Å²) in [6.45, 7) is 4.55. The highest BCUT2D eigenvalue weighted by atomic mass is 16.5. The number of hydrogen-bond acceptors (Lipinski definition) is 6. The number of methoxy groups -OCH3 is 1. The normalized spacial score (nSPS) is 10.9. The average Bonchev–Trinajstić information content (AvgIpc) is 2.85. The lowest BCUT2D eigenvalue weighted by molar-refractivity contribution is 0.0255. The van der Waals surface area contributed by atoms with Crippen LogP contribution >= 0.6 is 0 Å². The van der Waals surface area contributed by atoms with Crippen LogP contribution in [-0.2, 0) is 20.8 Å². The number of aromatic nitrogens is 1. The lowest BCUT2D eigenvalue weighted by Crippen LogP contribution is -2.20. The van der Waals surface area contributed by atoms with Gasteiger partial charge in [0.15, 0.2) is 0 Å². The second kappa shape index (κ2) is 10.2. The van der Waals surface area contributed by atoms with Crippen molar-refractivity contribution in [2.75, 3.05) is 46.7 Å². The van der Waals surface area contributed by atoms with E-state index in [-0.39, 0.29) is 0 Å². The molecule has 0 atom stereocenters. The fourth-order valence-corrected chi connectivity index (χ4v) is 1.15. The summed E-state index contributed by atoms with van der Waals surface area (Å²) in [6, 6.07) is 1.83. The zero-order chi connectivity index (χ0) is 12.2. The topological polar surface area (TPSA) is 65.8 Å². The molecule has 0 fully saturated rings. The zero-order valence-corrected chi connectivity index (χ0v) is 10.2. The van der Waals surface area contributed by atoms with Crippen LogP contribution in [0.25, 0.3) is 0 Å². The van der Waals surface area contributed by atoms with Gasteiger partial charge in [0.25, 0.3) is 0 Å². The number of nitrogens with zero attached hydrogens (tertiary/aromatic N) is 1. The van der Waals surface area contributed by atoms with Crippen molar-refractivity contribution in [2.45, 2.75) is 6.54 Å². The van der Waals surface area contributed by atoms with Crippen LogP contribution in [0, 0.1) is 0 Å². The molecule has 1 aromatic rings. The Morgan fingerprint density at radius 1 is 1.18 bits per heavy atom. The van der Waals surface area contributed by atoms with Crippen LogP contribution in [0.3, 0.4) is 0 Å². The van der Waals surface area contributed by atoms with Crippen LogP contribution in [-0.4, -0.2) is 51.8 Å². The van der Waals surface area contributed by atoms with E-state index in [1.807, 2.05) is 6.07 Å². The van der Waals surface area contributed by atoms with E-state index in [1.54, 1.807) is 13.3 Å². The molecular formula is C11H20N2O4. The molecule has 1 aromatic heterocycles. The van der Waals surface area contributed by atoms with Gasteiger partial charge in [0.05, 0.1) is 45.8 Å². The summed E-state index contributed by atoms with van der Waals surface area (Å²) in [5.74, 6) is 0.827. The van der Waals surface area contributed by atoms with Crippen molar-refractivity contribution in [1.82, 2.24) is 10.5 Å². The van der Waals surface area contributed by atoms with E-state index >= 15 is 0 Å². The smallest absolute Gasteiger partial charge is 0.150 e. The van der Waals surface area contributed by atoms with Crippen molar-refractivity contribution in [3.8, 4) is 0 Å². The Morgan fingerprint density at radius 3 is 2.65 bits per heavy atom. The van der Waals surface area contributed by atoms with Crippen LogP contribution in [0.1, 0.15) is 5.76 Å². The van der Waals surface area contributed by atoms with E-state index in [9.17, 15) is 0 Å². The van der Waals surface area contributed by atoms with E-state index in [4.69, 9.17) is 18.7 Å². The van der Waals surface area contributed by atoms with Crippen LogP contribution in [0.15, 0.2) is 16.8 Å². The highest BCUT2D eigenvalue weighted by molar-refractivity contribution is 4.91. The molecule has 1 rings (SSSR count). The monoisotopic (exact) mass is 244 g/mol. The Bertz CT molecular complexity index is 254. The van der Waals surface area contributed by atoms with Gasteiger partial charge in [-0.15, -0.1) is 0 Å². The first-order chi connectivity index (χ1) is 8.43. The van der Waals surface area contributed by atoms with Crippen molar-refractivity contribution in [2.24, 2.45) is 0 Å². The molecule has 1 heterocycles. The second-order valence-electron chi connectivity index (χ2n) is 3.37. The van der Waals surface area contributed by atoms with Crippen LogP contribution in [0.2, 0.25) is 0 Å². The SMILES string of the molecule is COCCOCCOCCNCc1ccno1. The van der Waals surface area contributed by atoms with Gasteiger partial charge in [0.1, 0.15) is 5.76 Å². The van der Waals surface area contributed by atoms with E-state index in [1.165, 1.54) is 0 Å². The highest BCUT2D eigenvalue weighted by Gasteiger charge is 1.95. The van der Waals surface area contributed by atoms with Gasteiger partial charge in [-0.2, -0.15) is 0 Å². The van der Waals surface area contributed by atoms with E-state index in [0.29, 0.717) is 39.6 Å². The molecule has 17 heavy (non-hydrogen) atoms. The van der Waals surface area contributed by atoms with E-state index in [2.05, 4.69) is 10.5 Å². The van der Waals surface area contributed by atoms with Crippen LogP contribution < -0.4 is 5.32 Å². The first kappa shape index (κ1) is 14.1. The summed E-state index contributed by atoms with van der Waals surface area (Å²) in [5.41, 5.74) is 0. The number of nitrogens with one attached hydrogen (secondary N) is 1. The van der Waals surface area contributed by atoms with Gasteiger partial charge in [-0.1, -0.05) is 5.16 Å². The fourth-order valence-electron chi connectivity index (χ4n) is 1.15. The molecule has 0 unspecified atom stereocenters. The van der Waals surface area contributed by atoms with Crippen molar-refractivity contribution in [1.29, 1.82) is 0 Å². The molecule has 6 heteroatoms. The molecule has 1 N–H and O–H groups in total. The summed E-state index contributed by atoms with van der Waals surface area (Å²) in [7, 11) is 1.65. The fraction of sp³-hybridized carbons (Fsp3) is 0.727.